The van der Waals surface area contributed by atoms with Crippen molar-refractivity contribution in [3.05, 3.63) is 24.5 Å². The summed E-state index contributed by atoms with van der Waals surface area (Å²) in [5, 5.41) is 3.88. The van der Waals surface area contributed by atoms with Gasteiger partial charge in [-0.3, -0.25) is 9.78 Å². The van der Waals surface area contributed by atoms with Crippen LogP contribution >= 0.6 is 0 Å². The molecule has 1 aliphatic rings. The topological polar surface area (TPSA) is 85.0 Å². The molecule has 3 rings (SSSR count). The summed E-state index contributed by atoms with van der Waals surface area (Å²) in [6.45, 7) is 0.758. The fourth-order valence-electron chi connectivity index (χ4n) is 2.70. The summed E-state index contributed by atoms with van der Waals surface area (Å²) in [5.41, 5.74) is 0.497. The van der Waals surface area contributed by atoms with E-state index < -0.39 is 24.9 Å². The Labute approximate surface area is 141 Å². The molecule has 2 aromatic heterocycles. The normalized spacial score (nSPS) is 16.2. The second-order valence-corrected chi connectivity index (χ2v) is 5.82. The zero-order valence-corrected chi connectivity index (χ0v) is 13.2. The Bertz CT molecular complexity index is 711. The zero-order valence-electron chi connectivity index (χ0n) is 13.2. The van der Waals surface area contributed by atoms with Gasteiger partial charge in [0.05, 0.1) is 12.6 Å². The van der Waals surface area contributed by atoms with Gasteiger partial charge in [-0.15, -0.1) is 0 Å². The molecule has 25 heavy (non-hydrogen) atoms. The van der Waals surface area contributed by atoms with Crippen LogP contribution in [-0.2, 0) is 4.79 Å². The molecule has 10 heteroatoms. The highest BCUT2D eigenvalue weighted by Crippen LogP contribution is 2.29. The molecule has 0 aromatic carbocycles. The van der Waals surface area contributed by atoms with Crippen molar-refractivity contribution in [3.63, 3.8) is 0 Å². The molecule has 2 aromatic rings. The lowest BCUT2D eigenvalue weighted by atomic mass is 9.96. The molecule has 1 aliphatic heterocycles. The van der Waals surface area contributed by atoms with E-state index in [0.29, 0.717) is 43.3 Å². The maximum atomic E-state index is 12.2. The van der Waals surface area contributed by atoms with Crippen LogP contribution in [0.15, 0.2) is 23.1 Å². The fraction of sp³-hybridized carbons (Fsp3) is 0.533. The quantitative estimate of drug-likeness (QED) is 0.838. The van der Waals surface area contributed by atoms with Crippen molar-refractivity contribution < 1.29 is 22.5 Å². The van der Waals surface area contributed by atoms with Crippen molar-refractivity contribution in [3.8, 4) is 11.5 Å². The Hall–Kier alpha value is -2.52. The molecule has 0 N–H and O–H groups in total. The Morgan fingerprint density at radius 2 is 2.04 bits per heavy atom. The molecule has 1 amide bonds. The smallest absolute Gasteiger partial charge is 0.343 e. The van der Waals surface area contributed by atoms with Gasteiger partial charge in [-0.25, -0.2) is 4.98 Å². The summed E-state index contributed by atoms with van der Waals surface area (Å²) in [4.78, 5) is 25.6. The summed E-state index contributed by atoms with van der Waals surface area (Å²) < 4.78 is 41.9. The van der Waals surface area contributed by atoms with E-state index in [9.17, 15) is 18.0 Å². The number of nitrogens with zero attached hydrogens (tertiary/aromatic N) is 5. The first kappa shape index (κ1) is 17.3. The number of amides is 1. The highest BCUT2D eigenvalue weighted by molar-refractivity contribution is 5.76. The molecule has 0 unspecified atom stereocenters. The Kier molecular flexibility index (Phi) is 4.95. The van der Waals surface area contributed by atoms with Gasteiger partial charge >= 0.3 is 6.18 Å². The lowest BCUT2D eigenvalue weighted by Crippen LogP contribution is -2.38. The number of aromatic nitrogens is 4. The number of hydrogen-bond donors (Lipinski definition) is 0. The van der Waals surface area contributed by atoms with Gasteiger partial charge in [0.1, 0.15) is 5.69 Å². The molecule has 0 atom stereocenters. The SMILES string of the molecule is O=C(CCC(F)(F)F)N1CCC(c2nc(-c3cnccn3)no2)CC1. The molecule has 0 aliphatic carbocycles. The van der Waals surface area contributed by atoms with Crippen LogP contribution in [0.2, 0.25) is 0 Å². The monoisotopic (exact) mass is 355 g/mol. The summed E-state index contributed by atoms with van der Waals surface area (Å²) in [7, 11) is 0. The van der Waals surface area contributed by atoms with E-state index in [0.717, 1.165) is 0 Å². The van der Waals surface area contributed by atoms with Crippen molar-refractivity contribution in [2.45, 2.75) is 37.8 Å². The van der Waals surface area contributed by atoms with Gasteiger partial charge in [0, 0.05) is 37.8 Å². The van der Waals surface area contributed by atoms with Gasteiger partial charge in [-0.2, -0.15) is 18.2 Å². The molecular weight excluding hydrogens is 339 g/mol. The second-order valence-electron chi connectivity index (χ2n) is 5.82. The zero-order chi connectivity index (χ0) is 17.9. The number of carbonyl (C=O) groups is 1. The maximum Gasteiger partial charge on any atom is 0.389 e. The van der Waals surface area contributed by atoms with Crippen LogP contribution in [0.25, 0.3) is 11.5 Å². The van der Waals surface area contributed by atoms with E-state index >= 15 is 0 Å². The molecule has 1 saturated heterocycles. The number of likely N-dealkylation sites (tertiary alicyclic amines) is 1. The first-order valence-corrected chi connectivity index (χ1v) is 7.87. The number of piperidine rings is 1. The number of carbonyl (C=O) groups excluding carboxylic acids is 1. The minimum Gasteiger partial charge on any atom is -0.343 e. The number of rotatable bonds is 4. The minimum absolute atomic E-state index is 0.0235. The van der Waals surface area contributed by atoms with Crippen molar-refractivity contribution in [1.82, 2.24) is 25.0 Å². The van der Waals surface area contributed by atoms with Crippen LogP contribution in [0.1, 0.15) is 37.5 Å². The second kappa shape index (κ2) is 7.16. The van der Waals surface area contributed by atoms with Crippen LogP contribution < -0.4 is 0 Å². The lowest BCUT2D eigenvalue weighted by Gasteiger charge is -2.30. The summed E-state index contributed by atoms with van der Waals surface area (Å²) in [6.07, 6.45) is -0.181. The number of halogens is 3. The molecule has 134 valence electrons. The van der Waals surface area contributed by atoms with Gasteiger partial charge < -0.3 is 9.42 Å². The third kappa shape index (κ3) is 4.52. The van der Waals surface area contributed by atoms with Crippen molar-refractivity contribution in [2.24, 2.45) is 0 Å². The Morgan fingerprint density at radius 1 is 1.28 bits per heavy atom. The van der Waals surface area contributed by atoms with Crippen LogP contribution in [0, 0.1) is 0 Å². The van der Waals surface area contributed by atoms with Gasteiger partial charge in [0.15, 0.2) is 0 Å². The first-order chi connectivity index (χ1) is 11.9. The van der Waals surface area contributed by atoms with E-state index in [-0.39, 0.29) is 5.92 Å². The Morgan fingerprint density at radius 3 is 2.68 bits per heavy atom. The maximum absolute atomic E-state index is 12.2. The number of alkyl halides is 3. The van der Waals surface area contributed by atoms with E-state index in [4.69, 9.17) is 4.52 Å². The van der Waals surface area contributed by atoms with Gasteiger partial charge in [0.25, 0.3) is 0 Å². The van der Waals surface area contributed by atoms with Crippen molar-refractivity contribution in [1.29, 1.82) is 0 Å². The molecule has 0 spiro atoms. The summed E-state index contributed by atoms with van der Waals surface area (Å²) >= 11 is 0. The average Bonchev–Trinajstić information content (AvgIpc) is 3.10. The molecule has 0 radical (unpaired) electrons. The molecule has 7 nitrogen and oxygen atoms in total. The van der Waals surface area contributed by atoms with Crippen molar-refractivity contribution >= 4 is 5.91 Å². The van der Waals surface area contributed by atoms with Crippen molar-refractivity contribution in [2.75, 3.05) is 13.1 Å². The van der Waals surface area contributed by atoms with E-state index in [2.05, 4.69) is 20.1 Å². The first-order valence-electron chi connectivity index (χ1n) is 7.87. The lowest BCUT2D eigenvalue weighted by molar-refractivity contribution is -0.149. The van der Waals surface area contributed by atoms with Gasteiger partial charge in [-0.05, 0) is 12.8 Å². The minimum atomic E-state index is -4.31. The third-order valence-corrected chi connectivity index (χ3v) is 4.05. The van der Waals surface area contributed by atoms with Crippen LogP contribution in [0.4, 0.5) is 13.2 Å². The summed E-state index contributed by atoms with van der Waals surface area (Å²) in [5.74, 6) is 0.293. The van der Waals surface area contributed by atoms with E-state index in [1.54, 1.807) is 0 Å². The molecule has 1 fully saturated rings. The third-order valence-electron chi connectivity index (χ3n) is 4.05. The van der Waals surface area contributed by atoms with Crippen LogP contribution in [0.3, 0.4) is 0 Å². The van der Waals surface area contributed by atoms with Gasteiger partial charge in [0.2, 0.25) is 17.6 Å². The van der Waals surface area contributed by atoms with Crippen LogP contribution in [-0.4, -0.2) is 50.2 Å². The molecular formula is C15H16F3N5O2. The Balaban J connectivity index is 1.54. The molecule has 0 saturated carbocycles. The average molecular weight is 355 g/mol. The molecule has 0 bridgehead atoms. The van der Waals surface area contributed by atoms with E-state index in [1.165, 1.54) is 23.5 Å². The summed E-state index contributed by atoms with van der Waals surface area (Å²) in [6, 6.07) is 0. The highest BCUT2D eigenvalue weighted by Gasteiger charge is 2.31. The van der Waals surface area contributed by atoms with E-state index in [1.807, 2.05) is 0 Å². The standard InChI is InChI=1S/C15H16F3N5O2/c16-15(17,18)4-1-12(24)23-7-2-10(3-8-23)14-21-13(22-25-14)11-9-19-5-6-20-11/h5-6,9-10H,1-4,7-8H2. The molecule has 3 heterocycles. The predicted molar refractivity (Wildman–Crippen MR) is 79.2 cm³/mol. The predicted octanol–water partition coefficient (Wildman–Crippen LogP) is 2.58. The van der Waals surface area contributed by atoms with Gasteiger partial charge in [-0.1, -0.05) is 5.16 Å². The van der Waals surface area contributed by atoms with Crippen LogP contribution in [0.5, 0.6) is 0 Å². The number of hydrogen-bond acceptors (Lipinski definition) is 6. The highest BCUT2D eigenvalue weighted by atomic mass is 19.4. The fourth-order valence-corrected chi connectivity index (χ4v) is 2.70. The largest absolute Gasteiger partial charge is 0.389 e.